The highest BCUT2D eigenvalue weighted by molar-refractivity contribution is 7.98. The predicted octanol–water partition coefficient (Wildman–Crippen LogP) is 3.04. The lowest BCUT2D eigenvalue weighted by molar-refractivity contribution is -0.122. The van der Waals surface area contributed by atoms with E-state index in [4.69, 9.17) is 4.74 Å². The maximum atomic E-state index is 13.9. The molecule has 2 N–H and O–H groups in total. The molecular formula is C21H27FN2O4S2. The van der Waals surface area contributed by atoms with Gasteiger partial charge in [0.1, 0.15) is 29.1 Å². The van der Waals surface area contributed by atoms with E-state index in [1.165, 1.54) is 30.0 Å². The van der Waals surface area contributed by atoms with Crippen molar-refractivity contribution in [2.75, 3.05) is 25.2 Å². The van der Waals surface area contributed by atoms with E-state index < -0.39 is 32.7 Å². The lowest BCUT2D eigenvalue weighted by Crippen LogP contribution is -2.47. The number of carbonyl (C=O) groups is 1. The van der Waals surface area contributed by atoms with Crippen LogP contribution in [0, 0.1) is 19.7 Å². The summed E-state index contributed by atoms with van der Waals surface area (Å²) in [4.78, 5) is 12.1. The summed E-state index contributed by atoms with van der Waals surface area (Å²) < 4.78 is 47.1. The van der Waals surface area contributed by atoms with Crippen LogP contribution >= 0.6 is 11.8 Å². The molecule has 0 radical (unpaired) electrons. The van der Waals surface area contributed by atoms with Crippen molar-refractivity contribution in [2.45, 2.75) is 31.2 Å². The fraction of sp³-hybridized carbons (Fsp3) is 0.381. The minimum Gasteiger partial charge on any atom is -0.491 e. The van der Waals surface area contributed by atoms with Crippen LogP contribution in [0.2, 0.25) is 0 Å². The normalized spacial score (nSPS) is 12.4. The van der Waals surface area contributed by atoms with Gasteiger partial charge in [-0.05, 0) is 55.5 Å². The molecule has 6 nitrogen and oxygen atoms in total. The highest BCUT2D eigenvalue weighted by atomic mass is 32.2. The van der Waals surface area contributed by atoms with Gasteiger partial charge >= 0.3 is 0 Å². The van der Waals surface area contributed by atoms with E-state index in [0.717, 1.165) is 22.9 Å². The molecule has 0 saturated carbocycles. The van der Waals surface area contributed by atoms with E-state index in [2.05, 4.69) is 10.0 Å². The van der Waals surface area contributed by atoms with Crippen LogP contribution in [0.15, 0.2) is 47.4 Å². The van der Waals surface area contributed by atoms with Crippen molar-refractivity contribution in [1.29, 1.82) is 0 Å². The Hall–Kier alpha value is -2.10. The molecule has 0 fully saturated rings. The first-order valence-corrected chi connectivity index (χ1v) is 12.4. The Morgan fingerprint density at radius 1 is 1.13 bits per heavy atom. The van der Waals surface area contributed by atoms with E-state index in [1.807, 2.05) is 38.3 Å². The van der Waals surface area contributed by atoms with Crippen LogP contribution in [0.3, 0.4) is 0 Å². The van der Waals surface area contributed by atoms with Gasteiger partial charge < -0.3 is 10.1 Å². The van der Waals surface area contributed by atoms with Gasteiger partial charge in [-0.2, -0.15) is 16.5 Å². The molecule has 1 unspecified atom stereocenters. The van der Waals surface area contributed by atoms with Crippen molar-refractivity contribution in [3.8, 4) is 5.75 Å². The fourth-order valence-electron chi connectivity index (χ4n) is 2.87. The summed E-state index contributed by atoms with van der Waals surface area (Å²) >= 11 is 1.49. The molecule has 1 amide bonds. The third-order valence-electron chi connectivity index (χ3n) is 4.41. The number of aryl methyl sites for hydroxylation is 2. The Bertz CT molecular complexity index is 947. The standard InChI is InChI=1S/C21H27FN2O4S2/c1-15-7-6-8-16(2)20(15)28-13-12-23-21(25)18(11-14-29-3)24-30(26,27)19-10-5-4-9-17(19)22/h4-10,18,24H,11-14H2,1-3H3,(H,23,25). The Labute approximate surface area is 181 Å². The van der Waals surface area contributed by atoms with E-state index in [0.29, 0.717) is 5.75 Å². The highest BCUT2D eigenvalue weighted by Gasteiger charge is 2.27. The molecule has 1 atom stereocenters. The first-order chi connectivity index (χ1) is 14.3. The number of halogens is 1. The number of thioether (sulfide) groups is 1. The van der Waals surface area contributed by atoms with Crippen molar-refractivity contribution in [3.05, 3.63) is 59.4 Å². The summed E-state index contributed by atoms with van der Waals surface area (Å²) in [6, 6.07) is 9.88. The Morgan fingerprint density at radius 3 is 2.43 bits per heavy atom. The molecule has 0 saturated heterocycles. The number of para-hydroxylation sites is 1. The maximum absolute atomic E-state index is 13.9. The summed E-state index contributed by atoms with van der Waals surface area (Å²) in [6.07, 6.45) is 2.14. The SMILES string of the molecule is CSCCC(NS(=O)(=O)c1ccccc1F)C(=O)NCCOc1c(C)cccc1C. The molecule has 0 spiro atoms. The minimum atomic E-state index is -4.18. The largest absolute Gasteiger partial charge is 0.491 e. The van der Waals surface area contributed by atoms with Crippen molar-refractivity contribution < 1.29 is 22.3 Å². The first-order valence-electron chi connectivity index (χ1n) is 9.48. The van der Waals surface area contributed by atoms with Gasteiger partial charge in [-0.25, -0.2) is 12.8 Å². The van der Waals surface area contributed by atoms with Gasteiger partial charge in [0, 0.05) is 0 Å². The molecule has 0 heterocycles. The number of amides is 1. The van der Waals surface area contributed by atoms with Crippen molar-refractivity contribution in [2.24, 2.45) is 0 Å². The summed E-state index contributed by atoms with van der Waals surface area (Å²) in [5.41, 5.74) is 1.99. The van der Waals surface area contributed by atoms with Crippen molar-refractivity contribution in [3.63, 3.8) is 0 Å². The molecule has 0 aromatic heterocycles. The number of nitrogens with one attached hydrogen (secondary N) is 2. The number of sulfonamides is 1. The average molecular weight is 455 g/mol. The second-order valence-corrected chi connectivity index (χ2v) is 9.41. The molecule has 0 aliphatic heterocycles. The molecule has 164 valence electrons. The molecule has 30 heavy (non-hydrogen) atoms. The third kappa shape index (κ3) is 6.72. The molecule has 0 bridgehead atoms. The van der Waals surface area contributed by atoms with Gasteiger partial charge in [0.25, 0.3) is 0 Å². The zero-order valence-corrected chi connectivity index (χ0v) is 18.9. The van der Waals surface area contributed by atoms with Gasteiger partial charge in [-0.1, -0.05) is 30.3 Å². The number of carbonyl (C=O) groups excluding carboxylic acids is 1. The van der Waals surface area contributed by atoms with E-state index in [-0.39, 0.29) is 19.6 Å². The molecule has 0 aliphatic carbocycles. The number of benzene rings is 2. The van der Waals surface area contributed by atoms with Crippen LogP contribution in [0.1, 0.15) is 17.5 Å². The minimum absolute atomic E-state index is 0.212. The maximum Gasteiger partial charge on any atom is 0.244 e. The molecular weight excluding hydrogens is 427 g/mol. The van der Waals surface area contributed by atoms with Crippen LogP contribution in [0.25, 0.3) is 0 Å². The summed E-state index contributed by atoms with van der Waals surface area (Å²) in [5.74, 6) is -0.00686. The second-order valence-electron chi connectivity index (χ2n) is 6.75. The lowest BCUT2D eigenvalue weighted by atomic mass is 10.1. The number of hydrogen-bond donors (Lipinski definition) is 2. The lowest BCUT2D eigenvalue weighted by Gasteiger charge is -2.19. The smallest absolute Gasteiger partial charge is 0.244 e. The summed E-state index contributed by atoms with van der Waals surface area (Å²) in [7, 11) is -4.18. The molecule has 2 aromatic carbocycles. The van der Waals surface area contributed by atoms with Gasteiger partial charge in [0.15, 0.2) is 0 Å². The van der Waals surface area contributed by atoms with Gasteiger partial charge in [-0.15, -0.1) is 0 Å². The van der Waals surface area contributed by atoms with E-state index >= 15 is 0 Å². The van der Waals surface area contributed by atoms with Gasteiger partial charge in [0.05, 0.1) is 6.54 Å². The number of ether oxygens (including phenoxy) is 1. The van der Waals surface area contributed by atoms with Crippen molar-refractivity contribution in [1.82, 2.24) is 10.0 Å². The molecule has 2 aromatic rings. The molecule has 0 aliphatic rings. The topological polar surface area (TPSA) is 84.5 Å². The number of rotatable bonds is 11. The quantitative estimate of drug-likeness (QED) is 0.510. The average Bonchev–Trinajstić information content (AvgIpc) is 2.70. The van der Waals surface area contributed by atoms with Crippen LogP contribution in [0.5, 0.6) is 5.75 Å². The van der Waals surface area contributed by atoms with E-state index in [9.17, 15) is 17.6 Å². The van der Waals surface area contributed by atoms with Gasteiger partial charge in [-0.3, -0.25) is 4.79 Å². The summed E-state index contributed by atoms with van der Waals surface area (Å²) in [5, 5.41) is 2.70. The van der Waals surface area contributed by atoms with Crippen LogP contribution in [0.4, 0.5) is 4.39 Å². The van der Waals surface area contributed by atoms with E-state index in [1.54, 1.807) is 0 Å². The van der Waals surface area contributed by atoms with Gasteiger partial charge in [0.2, 0.25) is 15.9 Å². The first kappa shape index (κ1) is 24.2. The predicted molar refractivity (Wildman–Crippen MR) is 118 cm³/mol. The fourth-order valence-corrected chi connectivity index (χ4v) is 4.65. The van der Waals surface area contributed by atoms with Crippen LogP contribution in [-0.4, -0.2) is 45.5 Å². The zero-order valence-electron chi connectivity index (χ0n) is 17.3. The van der Waals surface area contributed by atoms with Crippen LogP contribution < -0.4 is 14.8 Å². The number of hydrogen-bond acceptors (Lipinski definition) is 5. The molecule has 2 rings (SSSR count). The van der Waals surface area contributed by atoms with Crippen molar-refractivity contribution >= 4 is 27.7 Å². The summed E-state index contributed by atoms with van der Waals surface area (Å²) in [6.45, 7) is 4.34. The van der Waals surface area contributed by atoms with Crippen LogP contribution in [-0.2, 0) is 14.8 Å². The zero-order chi connectivity index (χ0) is 22.1. The Balaban J connectivity index is 1.99. The second kappa shape index (κ2) is 11.3. The Morgan fingerprint density at radius 2 is 1.80 bits per heavy atom. The Kier molecular flexibility index (Phi) is 9.13. The molecule has 9 heteroatoms. The monoisotopic (exact) mass is 454 g/mol. The highest BCUT2D eigenvalue weighted by Crippen LogP contribution is 2.22. The third-order valence-corrected chi connectivity index (χ3v) is 6.56.